The van der Waals surface area contributed by atoms with Crippen molar-refractivity contribution in [3.8, 4) is 33.4 Å². The van der Waals surface area contributed by atoms with E-state index in [1.54, 1.807) is 0 Å². The van der Waals surface area contributed by atoms with E-state index in [1.807, 2.05) is 0 Å². The van der Waals surface area contributed by atoms with Crippen molar-refractivity contribution in [2.75, 3.05) is 4.90 Å². The zero-order valence-corrected chi connectivity index (χ0v) is 36.3. The molecule has 0 unspecified atom stereocenters. The molecule has 3 heteroatoms. The van der Waals surface area contributed by atoms with Gasteiger partial charge in [-0.2, -0.15) is 0 Å². The third kappa shape index (κ3) is 5.99. The number of hydrogen-bond donors (Lipinski definition) is 0. The number of nitrogens with zero attached hydrogens (tertiary/aromatic N) is 1. The summed E-state index contributed by atoms with van der Waals surface area (Å²) in [6.45, 7) is 0. The molecule has 14 rings (SSSR count). The summed E-state index contributed by atoms with van der Waals surface area (Å²) in [5.74, 6) is 0. The van der Waals surface area contributed by atoms with Crippen molar-refractivity contribution in [3.63, 3.8) is 0 Å². The maximum absolute atomic E-state index is 6.65. The van der Waals surface area contributed by atoms with Crippen LogP contribution in [0.25, 0.3) is 120 Å². The minimum atomic E-state index is 0.901. The standard InChI is InChI=1S/C64H39NO2/c1-4-14-51-40(10-1)13-7-17-52(51)47-23-22-46-39-50(35-28-45(46)38-47)65(48-31-24-43(25-32-48)55-18-8-20-57-61-53-15-5-2-11-41(53)29-36-59(61)66-63(55)57)49-33-26-44(27-34-49)56-19-9-21-58-62-54-16-6-3-12-42(54)30-37-60(62)67-64(56)58/h1-39H. The van der Waals surface area contributed by atoms with Gasteiger partial charge in [0.15, 0.2) is 0 Å². The molecule has 0 radical (unpaired) electrons. The van der Waals surface area contributed by atoms with Crippen molar-refractivity contribution < 1.29 is 8.83 Å². The molecule has 14 aromatic rings. The minimum absolute atomic E-state index is 0.901. The van der Waals surface area contributed by atoms with Crippen molar-refractivity contribution in [1.29, 1.82) is 0 Å². The Bertz CT molecular complexity index is 4070. The van der Waals surface area contributed by atoms with Crippen molar-refractivity contribution in [2.24, 2.45) is 0 Å². The Morgan fingerprint density at radius 1 is 0.254 bits per heavy atom. The van der Waals surface area contributed by atoms with Crippen molar-refractivity contribution in [1.82, 2.24) is 0 Å². The second kappa shape index (κ2) is 14.8. The fourth-order valence-corrected chi connectivity index (χ4v) is 10.6. The monoisotopic (exact) mass is 853 g/mol. The second-order valence-electron chi connectivity index (χ2n) is 17.6. The first kappa shape index (κ1) is 37.5. The summed E-state index contributed by atoms with van der Waals surface area (Å²) >= 11 is 0. The van der Waals surface area contributed by atoms with Gasteiger partial charge in [-0.15, -0.1) is 0 Å². The molecular formula is C64H39NO2. The predicted octanol–water partition coefficient (Wildman–Crippen LogP) is 18.6. The number of benzene rings is 12. The van der Waals surface area contributed by atoms with Gasteiger partial charge in [0.2, 0.25) is 0 Å². The highest BCUT2D eigenvalue weighted by molar-refractivity contribution is 6.22. The van der Waals surface area contributed by atoms with Gasteiger partial charge in [-0.1, -0.05) is 182 Å². The Morgan fingerprint density at radius 3 is 1.24 bits per heavy atom. The van der Waals surface area contributed by atoms with Gasteiger partial charge in [0, 0.05) is 49.7 Å². The van der Waals surface area contributed by atoms with E-state index in [1.165, 1.54) is 54.2 Å². The summed E-state index contributed by atoms with van der Waals surface area (Å²) in [4.78, 5) is 2.35. The van der Waals surface area contributed by atoms with Crippen LogP contribution in [-0.4, -0.2) is 0 Å². The van der Waals surface area contributed by atoms with E-state index >= 15 is 0 Å². The molecule has 0 aliphatic carbocycles. The van der Waals surface area contributed by atoms with Crippen LogP contribution >= 0.6 is 0 Å². The van der Waals surface area contributed by atoms with Gasteiger partial charge in [0.1, 0.15) is 22.3 Å². The SMILES string of the molecule is c1ccc2c(-c3ccc4cc(N(c5ccc(-c6cccc7c6oc6ccc8ccccc8c67)cc5)c5ccc(-c6cccc7c6oc6ccc8ccccc8c67)cc5)ccc4c3)cccc2c1. The summed E-state index contributed by atoms with van der Waals surface area (Å²) in [6, 6.07) is 85.2. The normalized spacial score (nSPS) is 11.9. The van der Waals surface area contributed by atoms with Crippen LogP contribution in [0.3, 0.4) is 0 Å². The third-order valence-electron chi connectivity index (χ3n) is 13.8. The number of para-hydroxylation sites is 2. The molecule has 0 amide bonds. The van der Waals surface area contributed by atoms with E-state index in [-0.39, 0.29) is 0 Å². The van der Waals surface area contributed by atoms with Crippen LogP contribution in [0.2, 0.25) is 0 Å². The van der Waals surface area contributed by atoms with Crippen molar-refractivity contribution in [2.45, 2.75) is 0 Å². The zero-order valence-electron chi connectivity index (χ0n) is 36.3. The van der Waals surface area contributed by atoms with Gasteiger partial charge in [-0.05, 0) is 120 Å². The molecule has 0 N–H and O–H groups in total. The average molecular weight is 854 g/mol. The van der Waals surface area contributed by atoms with E-state index < -0.39 is 0 Å². The molecule has 312 valence electrons. The highest BCUT2D eigenvalue weighted by atomic mass is 16.3. The van der Waals surface area contributed by atoms with Crippen molar-refractivity contribution in [3.05, 3.63) is 237 Å². The van der Waals surface area contributed by atoms with E-state index in [9.17, 15) is 0 Å². The van der Waals surface area contributed by atoms with Crippen LogP contribution in [0.5, 0.6) is 0 Å². The van der Waals surface area contributed by atoms with E-state index in [0.29, 0.717) is 0 Å². The lowest BCUT2D eigenvalue weighted by Gasteiger charge is -2.26. The topological polar surface area (TPSA) is 29.5 Å². The molecule has 0 aliphatic heterocycles. The molecule has 0 atom stereocenters. The van der Waals surface area contributed by atoms with E-state index in [0.717, 1.165) is 83.2 Å². The van der Waals surface area contributed by atoms with Gasteiger partial charge >= 0.3 is 0 Å². The summed E-state index contributed by atoms with van der Waals surface area (Å²) < 4.78 is 13.3. The van der Waals surface area contributed by atoms with Gasteiger partial charge in [-0.3, -0.25) is 0 Å². The molecule has 0 aliphatic rings. The fourth-order valence-electron chi connectivity index (χ4n) is 10.6. The smallest absolute Gasteiger partial charge is 0.143 e. The van der Waals surface area contributed by atoms with E-state index in [2.05, 4.69) is 241 Å². The third-order valence-corrected chi connectivity index (χ3v) is 13.8. The Hall–Kier alpha value is -8.92. The maximum Gasteiger partial charge on any atom is 0.143 e. The molecule has 0 spiro atoms. The highest BCUT2D eigenvalue weighted by Gasteiger charge is 2.19. The van der Waals surface area contributed by atoms with Gasteiger partial charge in [-0.25, -0.2) is 0 Å². The first-order chi connectivity index (χ1) is 33.2. The van der Waals surface area contributed by atoms with E-state index in [4.69, 9.17) is 8.83 Å². The molecule has 67 heavy (non-hydrogen) atoms. The average Bonchev–Trinajstić information content (AvgIpc) is 3.99. The van der Waals surface area contributed by atoms with Crippen molar-refractivity contribution >= 4 is 104 Å². The maximum atomic E-state index is 6.65. The molecule has 0 bridgehead atoms. The molecule has 0 saturated carbocycles. The Kier molecular flexibility index (Phi) is 8.28. The largest absolute Gasteiger partial charge is 0.455 e. The Labute approximate surface area is 386 Å². The Balaban J connectivity index is 0.882. The number of rotatable bonds is 6. The number of anilines is 3. The summed E-state index contributed by atoms with van der Waals surface area (Å²) in [5, 5.41) is 14.3. The summed E-state index contributed by atoms with van der Waals surface area (Å²) in [5.41, 5.74) is 13.6. The van der Waals surface area contributed by atoms with Crippen LogP contribution in [0, 0.1) is 0 Å². The lowest BCUT2D eigenvalue weighted by Crippen LogP contribution is -2.09. The fraction of sp³-hybridized carbons (Fsp3) is 0. The Morgan fingerprint density at radius 2 is 0.657 bits per heavy atom. The molecular weight excluding hydrogens is 815 g/mol. The number of fused-ring (bicyclic) bond motifs is 12. The summed E-state index contributed by atoms with van der Waals surface area (Å²) in [7, 11) is 0. The molecule has 12 aromatic carbocycles. The zero-order chi connectivity index (χ0) is 44.0. The first-order valence-corrected chi connectivity index (χ1v) is 22.9. The lowest BCUT2D eigenvalue weighted by atomic mass is 9.96. The number of hydrogen-bond acceptors (Lipinski definition) is 3. The van der Waals surface area contributed by atoms with Gasteiger partial charge in [0.25, 0.3) is 0 Å². The summed E-state index contributed by atoms with van der Waals surface area (Å²) in [6.07, 6.45) is 0. The molecule has 0 fully saturated rings. The van der Waals surface area contributed by atoms with Crippen LogP contribution in [0.4, 0.5) is 17.1 Å². The van der Waals surface area contributed by atoms with Crippen LogP contribution in [0.1, 0.15) is 0 Å². The second-order valence-corrected chi connectivity index (χ2v) is 17.6. The molecule has 3 nitrogen and oxygen atoms in total. The quantitative estimate of drug-likeness (QED) is 0.167. The first-order valence-electron chi connectivity index (χ1n) is 22.9. The lowest BCUT2D eigenvalue weighted by molar-refractivity contribution is 0.670. The minimum Gasteiger partial charge on any atom is -0.455 e. The van der Waals surface area contributed by atoms with Gasteiger partial charge < -0.3 is 13.7 Å². The molecule has 2 heterocycles. The predicted molar refractivity (Wildman–Crippen MR) is 282 cm³/mol. The van der Waals surface area contributed by atoms with Crippen LogP contribution in [-0.2, 0) is 0 Å². The van der Waals surface area contributed by atoms with Gasteiger partial charge in [0.05, 0.1) is 0 Å². The number of furan rings is 2. The highest BCUT2D eigenvalue weighted by Crippen LogP contribution is 2.44. The van der Waals surface area contributed by atoms with Crippen LogP contribution < -0.4 is 4.90 Å². The molecule has 0 saturated heterocycles. The van der Waals surface area contributed by atoms with Crippen LogP contribution in [0.15, 0.2) is 245 Å². The molecule has 2 aromatic heterocycles.